The fraction of sp³-hybridized carbons (Fsp3) is 0.417. The van der Waals surface area contributed by atoms with E-state index >= 15 is 0 Å². The molecule has 0 saturated heterocycles. The maximum atomic E-state index is 9.47. The van der Waals surface area contributed by atoms with Crippen LogP contribution in [0.1, 0.15) is 23.6 Å². The Morgan fingerprint density at radius 1 is 1.33 bits per heavy atom. The number of aryl methyl sites for hydroxylation is 2. The number of thioether (sulfide) groups is 1. The molecule has 0 aromatic heterocycles. The average Bonchev–Trinajstić information content (AvgIpc) is 2.49. The van der Waals surface area contributed by atoms with Gasteiger partial charge in [-0.15, -0.1) is 11.8 Å². The van der Waals surface area contributed by atoms with Gasteiger partial charge in [0.2, 0.25) is 0 Å². The van der Waals surface area contributed by atoms with Crippen molar-refractivity contribution >= 4 is 16.8 Å². The van der Waals surface area contributed by atoms with E-state index < -0.39 is 0 Å². The second-order valence-corrected chi connectivity index (χ2v) is 5.46. The Morgan fingerprint density at radius 2 is 1.93 bits per heavy atom. The number of phenolic OH excluding ortho intramolecular Hbond substituents is 1. The van der Waals surface area contributed by atoms with Crippen molar-refractivity contribution in [1.82, 2.24) is 0 Å². The number of rotatable bonds is 1. The average molecular weight is 221 g/mol. The van der Waals surface area contributed by atoms with E-state index in [0.29, 0.717) is 11.0 Å². The molecule has 0 radical (unpaired) electrons. The summed E-state index contributed by atoms with van der Waals surface area (Å²) >= 11 is 1.82. The Morgan fingerprint density at radius 3 is 2.40 bits per heavy atom. The molecule has 0 fully saturated rings. The number of nitrogens with zero attached hydrogens (tertiary/aromatic N) is 1. The number of hydrogen-bond donors (Lipinski definition) is 1. The van der Waals surface area contributed by atoms with Crippen molar-refractivity contribution in [2.75, 3.05) is 6.54 Å². The molecule has 0 amide bonds. The van der Waals surface area contributed by atoms with Crippen molar-refractivity contribution in [1.29, 1.82) is 0 Å². The SMILES string of the molecule is Cc1cc(O)cc(C)c1C1=NC[C@@H](C)S1. The van der Waals surface area contributed by atoms with Crippen LogP contribution in [0.4, 0.5) is 0 Å². The van der Waals surface area contributed by atoms with E-state index in [4.69, 9.17) is 0 Å². The Bertz CT molecular complexity index is 403. The van der Waals surface area contributed by atoms with Crippen molar-refractivity contribution < 1.29 is 5.11 Å². The molecule has 1 atom stereocenters. The zero-order valence-corrected chi connectivity index (χ0v) is 10.1. The van der Waals surface area contributed by atoms with Crippen molar-refractivity contribution in [3.05, 3.63) is 28.8 Å². The molecule has 0 unspecified atom stereocenters. The Balaban J connectivity index is 2.45. The third-order valence-electron chi connectivity index (χ3n) is 2.54. The molecule has 0 bridgehead atoms. The van der Waals surface area contributed by atoms with E-state index in [1.54, 1.807) is 12.1 Å². The lowest BCUT2D eigenvalue weighted by atomic mass is 10.0. The molecule has 1 aliphatic heterocycles. The van der Waals surface area contributed by atoms with E-state index in [0.717, 1.165) is 22.7 Å². The third kappa shape index (κ3) is 2.02. The molecule has 0 aliphatic carbocycles. The molecular weight excluding hydrogens is 206 g/mol. The second-order valence-electron chi connectivity index (χ2n) is 4.03. The van der Waals surface area contributed by atoms with Crippen LogP contribution < -0.4 is 0 Å². The monoisotopic (exact) mass is 221 g/mol. The summed E-state index contributed by atoms with van der Waals surface area (Å²) in [7, 11) is 0. The van der Waals surface area contributed by atoms with E-state index in [-0.39, 0.29) is 0 Å². The number of aliphatic imine (C=N–C) groups is 1. The molecule has 1 aromatic carbocycles. The Kier molecular flexibility index (Phi) is 2.74. The highest BCUT2D eigenvalue weighted by Crippen LogP contribution is 2.30. The summed E-state index contributed by atoms with van der Waals surface area (Å²) in [4.78, 5) is 4.54. The third-order valence-corrected chi connectivity index (χ3v) is 3.64. The first-order valence-corrected chi connectivity index (χ1v) is 5.97. The number of aromatic hydroxyl groups is 1. The number of benzene rings is 1. The summed E-state index contributed by atoms with van der Waals surface area (Å²) in [6, 6.07) is 3.60. The predicted octanol–water partition coefficient (Wildman–Crippen LogP) is 2.89. The van der Waals surface area contributed by atoms with Crippen LogP contribution in [0.25, 0.3) is 0 Å². The standard InChI is InChI=1S/C12H15NOS/c1-7-4-10(14)5-8(2)11(7)12-13-6-9(3)15-12/h4-5,9,14H,6H2,1-3H3/t9-/m1/s1. The first kappa shape index (κ1) is 10.6. The van der Waals surface area contributed by atoms with Gasteiger partial charge in [0.1, 0.15) is 5.75 Å². The van der Waals surface area contributed by atoms with Crippen LogP contribution in [-0.4, -0.2) is 21.9 Å². The lowest BCUT2D eigenvalue weighted by molar-refractivity contribution is 0.474. The number of hydrogen-bond acceptors (Lipinski definition) is 3. The zero-order valence-electron chi connectivity index (χ0n) is 9.24. The van der Waals surface area contributed by atoms with Gasteiger partial charge in [0.15, 0.2) is 0 Å². The second kappa shape index (κ2) is 3.89. The Hall–Kier alpha value is -0.960. The largest absolute Gasteiger partial charge is 0.508 e. The smallest absolute Gasteiger partial charge is 0.116 e. The van der Waals surface area contributed by atoms with E-state index in [2.05, 4.69) is 11.9 Å². The maximum Gasteiger partial charge on any atom is 0.116 e. The summed E-state index contributed by atoms with van der Waals surface area (Å²) in [6.07, 6.45) is 0. The first-order chi connectivity index (χ1) is 7.08. The van der Waals surface area contributed by atoms with E-state index in [1.165, 1.54) is 5.56 Å². The van der Waals surface area contributed by atoms with Crippen LogP contribution in [-0.2, 0) is 0 Å². The van der Waals surface area contributed by atoms with Gasteiger partial charge in [-0.3, -0.25) is 4.99 Å². The van der Waals surface area contributed by atoms with Crippen LogP contribution in [0.15, 0.2) is 17.1 Å². The Labute approximate surface area is 94.4 Å². The molecule has 80 valence electrons. The summed E-state index contributed by atoms with van der Waals surface area (Å²) in [5.41, 5.74) is 3.41. The minimum absolute atomic E-state index is 0.338. The molecule has 1 N–H and O–H groups in total. The van der Waals surface area contributed by atoms with E-state index in [9.17, 15) is 5.11 Å². The summed E-state index contributed by atoms with van der Waals surface area (Å²) in [6.45, 7) is 7.13. The fourth-order valence-electron chi connectivity index (χ4n) is 1.89. The highest BCUT2D eigenvalue weighted by Gasteiger charge is 2.19. The predicted molar refractivity (Wildman–Crippen MR) is 66.0 cm³/mol. The molecule has 1 aliphatic rings. The molecule has 1 heterocycles. The van der Waals surface area contributed by atoms with Gasteiger partial charge in [-0.2, -0.15) is 0 Å². The van der Waals surface area contributed by atoms with Gasteiger partial charge >= 0.3 is 0 Å². The van der Waals surface area contributed by atoms with Gasteiger partial charge in [0.25, 0.3) is 0 Å². The highest BCUT2D eigenvalue weighted by molar-refractivity contribution is 8.15. The molecule has 3 heteroatoms. The van der Waals surface area contributed by atoms with Gasteiger partial charge in [-0.1, -0.05) is 6.92 Å². The quantitative estimate of drug-likeness (QED) is 0.791. The molecule has 1 aromatic rings. The summed E-state index contributed by atoms with van der Waals surface area (Å²) in [5, 5.41) is 11.2. The lowest BCUT2D eigenvalue weighted by Gasteiger charge is -2.10. The summed E-state index contributed by atoms with van der Waals surface area (Å²) in [5.74, 6) is 0.338. The zero-order chi connectivity index (χ0) is 11.0. The highest BCUT2D eigenvalue weighted by atomic mass is 32.2. The molecule has 2 nitrogen and oxygen atoms in total. The van der Waals surface area contributed by atoms with Crippen molar-refractivity contribution in [2.45, 2.75) is 26.0 Å². The first-order valence-electron chi connectivity index (χ1n) is 5.09. The van der Waals surface area contributed by atoms with Crippen molar-refractivity contribution in [3.63, 3.8) is 0 Å². The van der Waals surface area contributed by atoms with Crippen LogP contribution in [0, 0.1) is 13.8 Å². The normalized spacial score (nSPS) is 20.5. The minimum Gasteiger partial charge on any atom is -0.508 e. The fourth-order valence-corrected chi connectivity index (χ4v) is 3.01. The van der Waals surface area contributed by atoms with Gasteiger partial charge in [0, 0.05) is 10.8 Å². The van der Waals surface area contributed by atoms with Crippen molar-refractivity contribution in [3.8, 4) is 5.75 Å². The molecular formula is C12H15NOS. The molecule has 0 spiro atoms. The summed E-state index contributed by atoms with van der Waals surface area (Å²) < 4.78 is 0. The molecule has 2 rings (SSSR count). The van der Waals surface area contributed by atoms with Crippen LogP contribution >= 0.6 is 11.8 Å². The van der Waals surface area contributed by atoms with Gasteiger partial charge < -0.3 is 5.11 Å². The van der Waals surface area contributed by atoms with Gasteiger partial charge in [-0.05, 0) is 37.1 Å². The minimum atomic E-state index is 0.338. The van der Waals surface area contributed by atoms with Crippen LogP contribution in [0.5, 0.6) is 5.75 Å². The van der Waals surface area contributed by atoms with Crippen molar-refractivity contribution in [2.24, 2.45) is 4.99 Å². The van der Waals surface area contributed by atoms with Gasteiger partial charge in [-0.25, -0.2) is 0 Å². The van der Waals surface area contributed by atoms with Crippen LogP contribution in [0.3, 0.4) is 0 Å². The van der Waals surface area contributed by atoms with Gasteiger partial charge in [0.05, 0.1) is 11.6 Å². The molecule has 0 saturated carbocycles. The van der Waals surface area contributed by atoms with Crippen LogP contribution in [0.2, 0.25) is 0 Å². The maximum absolute atomic E-state index is 9.47. The lowest BCUT2D eigenvalue weighted by Crippen LogP contribution is -2.00. The topological polar surface area (TPSA) is 32.6 Å². The van der Waals surface area contributed by atoms with E-state index in [1.807, 2.05) is 25.6 Å². The molecule has 15 heavy (non-hydrogen) atoms. The number of phenols is 1.